The van der Waals surface area contributed by atoms with E-state index < -0.39 is 0 Å². The van der Waals surface area contributed by atoms with Gasteiger partial charge in [-0.2, -0.15) is 0 Å². The van der Waals surface area contributed by atoms with Gasteiger partial charge in [-0.1, -0.05) is 15.9 Å². The van der Waals surface area contributed by atoms with Crippen molar-refractivity contribution in [1.82, 2.24) is 0 Å². The standard InChI is InChI=1S/C11H15BrO3/c1-7(13)3-4-8-5-9(12)6-10(15-2)11(8)14/h5-7,13-14H,3-4H2,1-2H3/t7-/m0/s1. The molecule has 0 amide bonds. The van der Waals surface area contributed by atoms with Crippen LogP contribution in [-0.2, 0) is 6.42 Å². The molecule has 0 aliphatic rings. The fraction of sp³-hybridized carbons (Fsp3) is 0.455. The number of hydrogen-bond donors (Lipinski definition) is 2. The second-order valence-corrected chi connectivity index (χ2v) is 4.42. The molecule has 1 atom stereocenters. The Morgan fingerprint density at radius 3 is 2.67 bits per heavy atom. The number of aromatic hydroxyl groups is 1. The molecule has 0 aliphatic heterocycles. The van der Waals surface area contributed by atoms with Crippen molar-refractivity contribution in [3.05, 3.63) is 22.2 Å². The summed E-state index contributed by atoms with van der Waals surface area (Å²) in [4.78, 5) is 0. The van der Waals surface area contributed by atoms with Crippen molar-refractivity contribution in [2.45, 2.75) is 25.9 Å². The Bertz CT molecular complexity index is 337. The van der Waals surface area contributed by atoms with E-state index >= 15 is 0 Å². The molecular formula is C11H15BrO3. The van der Waals surface area contributed by atoms with Gasteiger partial charge < -0.3 is 14.9 Å². The first-order valence-electron chi connectivity index (χ1n) is 4.78. The Balaban J connectivity index is 2.91. The molecule has 3 nitrogen and oxygen atoms in total. The molecule has 0 bridgehead atoms. The predicted molar refractivity (Wildman–Crippen MR) is 62.4 cm³/mol. The average Bonchev–Trinajstić information content (AvgIpc) is 2.18. The van der Waals surface area contributed by atoms with Crippen LogP contribution >= 0.6 is 15.9 Å². The van der Waals surface area contributed by atoms with Crippen LogP contribution in [0.4, 0.5) is 0 Å². The number of phenolic OH excluding ortho intramolecular Hbond substituents is 1. The van der Waals surface area contributed by atoms with Crippen molar-refractivity contribution in [2.75, 3.05) is 7.11 Å². The molecule has 0 saturated heterocycles. The number of ether oxygens (including phenoxy) is 1. The molecule has 4 heteroatoms. The van der Waals surface area contributed by atoms with Crippen LogP contribution in [0.3, 0.4) is 0 Å². The third-order valence-corrected chi connectivity index (χ3v) is 2.63. The highest BCUT2D eigenvalue weighted by Crippen LogP contribution is 2.34. The monoisotopic (exact) mass is 274 g/mol. The maximum Gasteiger partial charge on any atom is 0.161 e. The quantitative estimate of drug-likeness (QED) is 0.887. The van der Waals surface area contributed by atoms with E-state index in [4.69, 9.17) is 4.74 Å². The number of aliphatic hydroxyl groups excluding tert-OH is 1. The Morgan fingerprint density at radius 2 is 2.13 bits per heavy atom. The second-order valence-electron chi connectivity index (χ2n) is 3.50. The minimum Gasteiger partial charge on any atom is -0.504 e. The summed E-state index contributed by atoms with van der Waals surface area (Å²) in [5.74, 6) is 0.603. The number of hydrogen-bond acceptors (Lipinski definition) is 3. The molecule has 84 valence electrons. The van der Waals surface area contributed by atoms with Crippen molar-refractivity contribution in [3.8, 4) is 11.5 Å². The van der Waals surface area contributed by atoms with Gasteiger partial charge in [0.15, 0.2) is 11.5 Å². The van der Waals surface area contributed by atoms with Crippen LogP contribution in [0, 0.1) is 0 Å². The maximum atomic E-state index is 9.80. The molecule has 1 aromatic rings. The number of methoxy groups -OCH3 is 1. The number of benzene rings is 1. The van der Waals surface area contributed by atoms with Gasteiger partial charge in [0.1, 0.15) is 0 Å². The summed E-state index contributed by atoms with van der Waals surface area (Å²) in [5.41, 5.74) is 0.780. The molecule has 0 aromatic heterocycles. The largest absolute Gasteiger partial charge is 0.504 e. The Morgan fingerprint density at radius 1 is 1.47 bits per heavy atom. The minimum atomic E-state index is -0.366. The van der Waals surface area contributed by atoms with Crippen molar-refractivity contribution in [3.63, 3.8) is 0 Å². The van der Waals surface area contributed by atoms with Gasteiger partial charge >= 0.3 is 0 Å². The molecule has 2 N–H and O–H groups in total. The summed E-state index contributed by atoms with van der Waals surface area (Å²) < 4.78 is 5.89. The molecule has 1 aromatic carbocycles. The lowest BCUT2D eigenvalue weighted by atomic mass is 10.1. The van der Waals surface area contributed by atoms with Gasteiger partial charge in [0.05, 0.1) is 13.2 Å². The third kappa shape index (κ3) is 3.39. The molecule has 0 radical (unpaired) electrons. The summed E-state index contributed by atoms with van der Waals surface area (Å²) >= 11 is 3.34. The number of phenols is 1. The van der Waals surface area contributed by atoms with Crippen LogP contribution < -0.4 is 4.74 Å². The normalized spacial score (nSPS) is 12.5. The minimum absolute atomic E-state index is 0.154. The van der Waals surface area contributed by atoms with E-state index in [0.29, 0.717) is 18.6 Å². The summed E-state index contributed by atoms with van der Waals surface area (Å²) in [5, 5.41) is 19.0. The highest BCUT2D eigenvalue weighted by atomic mass is 79.9. The fourth-order valence-corrected chi connectivity index (χ4v) is 1.82. The van der Waals surface area contributed by atoms with E-state index in [0.717, 1.165) is 10.0 Å². The van der Waals surface area contributed by atoms with Gasteiger partial charge in [0, 0.05) is 4.47 Å². The number of rotatable bonds is 4. The van der Waals surface area contributed by atoms with Crippen molar-refractivity contribution in [1.29, 1.82) is 0 Å². The van der Waals surface area contributed by atoms with Gasteiger partial charge in [-0.3, -0.25) is 0 Å². The van der Waals surface area contributed by atoms with Crippen LogP contribution in [0.2, 0.25) is 0 Å². The molecule has 0 spiro atoms. The van der Waals surface area contributed by atoms with E-state index in [1.165, 1.54) is 7.11 Å². The zero-order valence-electron chi connectivity index (χ0n) is 8.83. The molecule has 0 aliphatic carbocycles. The second kappa shape index (κ2) is 5.37. The Hall–Kier alpha value is -0.740. The third-order valence-electron chi connectivity index (χ3n) is 2.17. The Kier molecular flexibility index (Phi) is 4.42. The molecule has 0 unspecified atom stereocenters. The smallest absolute Gasteiger partial charge is 0.161 e. The molecule has 0 fully saturated rings. The number of aliphatic hydroxyl groups is 1. The summed E-state index contributed by atoms with van der Waals surface area (Å²) in [6.07, 6.45) is 0.876. The molecule has 1 rings (SSSR count). The molecule has 0 saturated carbocycles. The van der Waals surface area contributed by atoms with E-state index in [1.54, 1.807) is 13.0 Å². The van der Waals surface area contributed by atoms with Gasteiger partial charge in [-0.25, -0.2) is 0 Å². The first-order chi connectivity index (χ1) is 7.04. The van der Waals surface area contributed by atoms with Crippen LogP contribution in [0.25, 0.3) is 0 Å². The van der Waals surface area contributed by atoms with Crippen molar-refractivity contribution >= 4 is 15.9 Å². The molecular weight excluding hydrogens is 260 g/mol. The van der Waals surface area contributed by atoms with Crippen LogP contribution in [0.1, 0.15) is 18.9 Å². The summed E-state index contributed by atoms with van der Waals surface area (Å²) in [6, 6.07) is 3.54. The Labute approximate surface area is 97.8 Å². The van der Waals surface area contributed by atoms with Gasteiger partial charge in [0.25, 0.3) is 0 Å². The van der Waals surface area contributed by atoms with Crippen molar-refractivity contribution in [2.24, 2.45) is 0 Å². The number of halogens is 1. The summed E-state index contributed by atoms with van der Waals surface area (Å²) in [7, 11) is 1.51. The van der Waals surface area contributed by atoms with Gasteiger partial charge in [0.2, 0.25) is 0 Å². The topological polar surface area (TPSA) is 49.7 Å². The van der Waals surface area contributed by atoms with Crippen LogP contribution in [-0.4, -0.2) is 23.4 Å². The van der Waals surface area contributed by atoms with Gasteiger partial charge in [-0.05, 0) is 37.5 Å². The van der Waals surface area contributed by atoms with Gasteiger partial charge in [-0.15, -0.1) is 0 Å². The SMILES string of the molecule is COc1cc(Br)cc(CC[C@H](C)O)c1O. The zero-order valence-corrected chi connectivity index (χ0v) is 10.4. The molecule has 0 heterocycles. The lowest BCUT2D eigenvalue weighted by Crippen LogP contribution is -2.02. The van der Waals surface area contributed by atoms with E-state index in [9.17, 15) is 10.2 Å². The first kappa shape index (κ1) is 12.3. The van der Waals surface area contributed by atoms with E-state index in [-0.39, 0.29) is 11.9 Å². The predicted octanol–water partition coefficient (Wildman–Crippen LogP) is 2.48. The number of aryl methyl sites for hydroxylation is 1. The average molecular weight is 275 g/mol. The highest BCUT2D eigenvalue weighted by molar-refractivity contribution is 9.10. The summed E-state index contributed by atoms with van der Waals surface area (Å²) in [6.45, 7) is 1.73. The molecule has 15 heavy (non-hydrogen) atoms. The van der Waals surface area contributed by atoms with Crippen LogP contribution in [0.15, 0.2) is 16.6 Å². The fourth-order valence-electron chi connectivity index (χ4n) is 1.34. The lowest BCUT2D eigenvalue weighted by Gasteiger charge is -2.10. The maximum absolute atomic E-state index is 9.80. The zero-order chi connectivity index (χ0) is 11.4. The van der Waals surface area contributed by atoms with E-state index in [1.807, 2.05) is 6.07 Å². The van der Waals surface area contributed by atoms with Crippen LogP contribution in [0.5, 0.6) is 11.5 Å². The first-order valence-corrected chi connectivity index (χ1v) is 5.57. The highest BCUT2D eigenvalue weighted by Gasteiger charge is 2.10. The van der Waals surface area contributed by atoms with E-state index in [2.05, 4.69) is 15.9 Å². The van der Waals surface area contributed by atoms with Crippen molar-refractivity contribution < 1.29 is 14.9 Å². The lowest BCUT2D eigenvalue weighted by molar-refractivity contribution is 0.184.